The van der Waals surface area contributed by atoms with E-state index in [1.165, 1.54) is 30.3 Å². The Morgan fingerprint density at radius 1 is 0.913 bits per heavy atom. The summed E-state index contributed by atoms with van der Waals surface area (Å²) in [4.78, 5) is 0.0755. The highest BCUT2D eigenvalue weighted by molar-refractivity contribution is 7.94. The van der Waals surface area contributed by atoms with Gasteiger partial charge < -0.3 is 0 Å². The Labute approximate surface area is 140 Å². The zero-order chi connectivity index (χ0) is 17.3. The van der Waals surface area contributed by atoms with Gasteiger partial charge in [0.2, 0.25) is 10.0 Å². The van der Waals surface area contributed by atoms with Gasteiger partial charge in [0, 0.05) is 11.2 Å². The first-order valence-electron chi connectivity index (χ1n) is 6.70. The molecule has 1 aromatic heterocycles. The van der Waals surface area contributed by atoms with E-state index in [1.807, 2.05) is 0 Å². The van der Waals surface area contributed by atoms with Gasteiger partial charge in [0.15, 0.2) is 0 Å². The van der Waals surface area contributed by atoms with E-state index in [4.69, 9.17) is 0 Å². The summed E-state index contributed by atoms with van der Waals surface area (Å²) in [5.41, 5.74) is -0.300. The van der Waals surface area contributed by atoms with E-state index in [2.05, 4.69) is 9.44 Å². The highest BCUT2D eigenvalue weighted by Crippen LogP contribution is 2.21. The quantitative estimate of drug-likeness (QED) is 0.841. The molecular formula is C14H18N2O4S3. The smallest absolute Gasteiger partial charge is 0.271 e. The molecule has 0 radical (unpaired) electrons. The molecule has 2 N–H and O–H groups in total. The molecule has 0 unspecified atom stereocenters. The van der Waals surface area contributed by atoms with Crippen LogP contribution in [-0.2, 0) is 20.0 Å². The van der Waals surface area contributed by atoms with Gasteiger partial charge in [0.25, 0.3) is 10.0 Å². The normalized spacial score (nSPS) is 13.0. The molecule has 2 aromatic rings. The van der Waals surface area contributed by atoms with Crippen molar-refractivity contribution < 1.29 is 16.8 Å². The van der Waals surface area contributed by atoms with Crippen LogP contribution in [0.15, 0.2) is 50.9 Å². The highest BCUT2D eigenvalue weighted by atomic mass is 32.2. The fourth-order valence-electron chi connectivity index (χ4n) is 1.79. The first-order valence-corrected chi connectivity index (χ1v) is 10.5. The molecular weight excluding hydrogens is 356 g/mol. The molecule has 0 bridgehead atoms. The van der Waals surface area contributed by atoms with Gasteiger partial charge in [-0.25, -0.2) is 21.6 Å². The number of nitrogens with one attached hydrogen (secondary N) is 2. The molecule has 0 spiro atoms. The molecule has 0 amide bonds. The number of benzene rings is 1. The average molecular weight is 375 g/mol. The maximum Gasteiger partial charge on any atom is 0.271 e. The lowest BCUT2D eigenvalue weighted by Crippen LogP contribution is -2.40. The van der Waals surface area contributed by atoms with E-state index in [-0.39, 0.29) is 9.10 Å². The van der Waals surface area contributed by atoms with E-state index < -0.39 is 25.6 Å². The Morgan fingerprint density at radius 3 is 2.00 bits per heavy atom. The fourth-order valence-corrected chi connectivity index (χ4v) is 5.26. The van der Waals surface area contributed by atoms with Crippen molar-refractivity contribution in [1.82, 2.24) is 4.72 Å². The Morgan fingerprint density at radius 2 is 1.52 bits per heavy atom. The molecule has 0 atom stereocenters. The maximum atomic E-state index is 12.2. The van der Waals surface area contributed by atoms with Gasteiger partial charge in [-0.2, -0.15) is 0 Å². The largest absolute Gasteiger partial charge is 0.279 e. The van der Waals surface area contributed by atoms with E-state index in [0.29, 0.717) is 5.69 Å². The van der Waals surface area contributed by atoms with Crippen LogP contribution < -0.4 is 9.44 Å². The molecule has 2 rings (SSSR count). The lowest BCUT2D eigenvalue weighted by atomic mass is 10.1. The number of rotatable bonds is 5. The van der Waals surface area contributed by atoms with Crippen molar-refractivity contribution >= 4 is 37.1 Å². The fraction of sp³-hybridized carbons (Fsp3) is 0.286. The summed E-state index contributed by atoms with van der Waals surface area (Å²) in [5.74, 6) is 0. The van der Waals surface area contributed by atoms with E-state index in [0.717, 1.165) is 11.3 Å². The number of anilines is 1. The van der Waals surface area contributed by atoms with Crippen LogP contribution in [0.4, 0.5) is 5.69 Å². The van der Waals surface area contributed by atoms with Gasteiger partial charge in [-0.05, 0) is 56.5 Å². The summed E-state index contributed by atoms with van der Waals surface area (Å²) in [5, 5.41) is 1.67. The molecule has 0 saturated carbocycles. The molecule has 0 aliphatic rings. The first kappa shape index (κ1) is 17.9. The SMILES string of the molecule is CC(C)(C)NS(=O)(=O)c1ccc(NS(=O)(=O)c2cccs2)cc1. The monoisotopic (exact) mass is 374 g/mol. The van der Waals surface area contributed by atoms with Crippen molar-refractivity contribution in [2.45, 2.75) is 35.4 Å². The topological polar surface area (TPSA) is 92.3 Å². The molecule has 1 heterocycles. The molecule has 23 heavy (non-hydrogen) atoms. The number of sulfonamides is 2. The van der Waals surface area contributed by atoms with E-state index in [1.54, 1.807) is 32.2 Å². The second-order valence-electron chi connectivity index (χ2n) is 5.92. The second-order valence-corrected chi connectivity index (χ2v) is 10.5. The minimum atomic E-state index is -3.65. The standard InChI is InChI=1S/C14H18N2O4S3/c1-14(2,3)16-22(17,18)12-8-6-11(7-9-12)15-23(19,20)13-5-4-10-21-13/h4-10,15-16H,1-3H3. The maximum absolute atomic E-state index is 12.2. The molecule has 6 nitrogen and oxygen atoms in total. The molecule has 126 valence electrons. The van der Waals surface area contributed by atoms with Gasteiger partial charge in [0.1, 0.15) is 4.21 Å². The van der Waals surface area contributed by atoms with E-state index in [9.17, 15) is 16.8 Å². The Bertz CT molecular complexity index is 863. The third-order valence-electron chi connectivity index (χ3n) is 2.62. The Hall–Kier alpha value is -1.42. The minimum Gasteiger partial charge on any atom is -0.279 e. The minimum absolute atomic E-state index is 0.0755. The van der Waals surface area contributed by atoms with Crippen molar-refractivity contribution in [3.8, 4) is 0 Å². The summed E-state index contributed by atoms with van der Waals surface area (Å²) < 4.78 is 53.7. The molecule has 9 heteroatoms. The lowest BCUT2D eigenvalue weighted by molar-refractivity contribution is 0.491. The van der Waals surface area contributed by atoms with Crippen LogP contribution in [0.5, 0.6) is 0 Å². The van der Waals surface area contributed by atoms with Crippen LogP contribution in [0.2, 0.25) is 0 Å². The number of thiophene rings is 1. The number of hydrogen-bond donors (Lipinski definition) is 2. The third kappa shape index (κ3) is 4.77. The van der Waals surface area contributed by atoms with Crippen LogP contribution in [0.25, 0.3) is 0 Å². The van der Waals surface area contributed by atoms with E-state index >= 15 is 0 Å². The zero-order valence-electron chi connectivity index (χ0n) is 12.9. The van der Waals surface area contributed by atoms with Gasteiger partial charge in [-0.3, -0.25) is 4.72 Å². The van der Waals surface area contributed by atoms with Crippen LogP contribution in [0.1, 0.15) is 20.8 Å². The first-order chi connectivity index (χ1) is 10.5. The van der Waals surface area contributed by atoms with Crippen molar-refractivity contribution in [2.24, 2.45) is 0 Å². The summed E-state index contributed by atoms with van der Waals surface area (Å²) in [6, 6.07) is 8.71. The zero-order valence-corrected chi connectivity index (χ0v) is 15.3. The molecule has 0 fully saturated rings. The van der Waals surface area contributed by atoms with Crippen molar-refractivity contribution in [3.63, 3.8) is 0 Å². The van der Waals surface area contributed by atoms with Gasteiger partial charge >= 0.3 is 0 Å². The Balaban J connectivity index is 2.21. The van der Waals surface area contributed by atoms with Crippen LogP contribution in [-0.4, -0.2) is 22.4 Å². The molecule has 0 aliphatic heterocycles. The van der Waals surface area contributed by atoms with Crippen LogP contribution in [0.3, 0.4) is 0 Å². The van der Waals surface area contributed by atoms with Crippen molar-refractivity contribution in [1.29, 1.82) is 0 Å². The average Bonchev–Trinajstić information content (AvgIpc) is 2.90. The summed E-state index contributed by atoms with van der Waals surface area (Å²) >= 11 is 1.11. The number of hydrogen-bond acceptors (Lipinski definition) is 5. The summed E-state index contributed by atoms with van der Waals surface area (Å²) in [6.45, 7) is 5.23. The summed E-state index contributed by atoms with van der Waals surface area (Å²) in [7, 11) is -7.29. The predicted molar refractivity (Wildman–Crippen MR) is 91.6 cm³/mol. The van der Waals surface area contributed by atoms with Crippen LogP contribution >= 0.6 is 11.3 Å². The van der Waals surface area contributed by atoms with Gasteiger partial charge in [-0.1, -0.05) is 6.07 Å². The van der Waals surface area contributed by atoms with Gasteiger partial charge in [-0.15, -0.1) is 11.3 Å². The van der Waals surface area contributed by atoms with Crippen molar-refractivity contribution in [2.75, 3.05) is 4.72 Å². The molecule has 1 aromatic carbocycles. The summed E-state index contributed by atoms with van der Waals surface area (Å²) in [6.07, 6.45) is 0. The molecule has 0 saturated heterocycles. The molecule has 0 aliphatic carbocycles. The lowest BCUT2D eigenvalue weighted by Gasteiger charge is -2.20. The predicted octanol–water partition coefficient (Wildman–Crippen LogP) is 2.63. The van der Waals surface area contributed by atoms with Crippen molar-refractivity contribution in [3.05, 3.63) is 41.8 Å². The van der Waals surface area contributed by atoms with Gasteiger partial charge in [0.05, 0.1) is 4.90 Å². The second kappa shape index (κ2) is 6.23. The highest BCUT2D eigenvalue weighted by Gasteiger charge is 2.22. The van der Waals surface area contributed by atoms with Crippen LogP contribution in [0, 0.1) is 0 Å². The third-order valence-corrected chi connectivity index (χ3v) is 7.17. The Kier molecular flexibility index (Phi) is 4.86.